The summed E-state index contributed by atoms with van der Waals surface area (Å²) in [5, 5.41) is 7.45. The van der Waals surface area contributed by atoms with E-state index in [-0.39, 0.29) is 11.8 Å². The molecule has 3 aliphatic heterocycles. The highest BCUT2D eigenvalue weighted by Crippen LogP contribution is 2.50. The lowest BCUT2D eigenvalue weighted by Crippen LogP contribution is -2.59. The van der Waals surface area contributed by atoms with Gasteiger partial charge >= 0.3 is 0 Å². The Morgan fingerprint density at radius 2 is 2.04 bits per heavy atom. The van der Waals surface area contributed by atoms with E-state index in [1.165, 1.54) is 29.1 Å². The summed E-state index contributed by atoms with van der Waals surface area (Å²) in [7, 11) is 0. The van der Waals surface area contributed by atoms with Crippen LogP contribution in [0.15, 0.2) is 43.7 Å². The SMILES string of the molecule is CCCN1CCC2(CC1)Oc1ccc(Br)cc1[C@@H]1CC(c3ccc(Br)s3)=NN12. The van der Waals surface area contributed by atoms with E-state index in [9.17, 15) is 0 Å². The van der Waals surface area contributed by atoms with Crippen LogP contribution < -0.4 is 4.74 Å². The first-order valence-electron chi connectivity index (χ1n) is 9.91. The van der Waals surface area contributed by atoms with Crippen molar-refractivity contribution in [1.29, 1.82) is 0 Å². The van der Waals surface area contributed by atoms with Gasteiger partial charge in [0.05, 0.1) is 20.4 Å². The second-order valence-corrected chi connectivity index (χ2v) is 11.2. The summed E-state index contributed by atoms with van der Waals surface area (Å²) < 4.78 is 8.95. The quantitative estimate of drug-likeness (QED) is 0.491. The molecule has 1 fully saturated rings. The number of rotatable bonds is 3. The van der Waals surface area contributed by atoms with E-state index in [0.29, 0.717) is 0 Å². The molecule has 7 heteroatoms. The Kier molecular flexibility index (Phi) is 5.06. The number of fused-ring (bicyclic) bond motifs is 4. The first kappa shape index (κ1) is 19.1. The van der Waals surface area contributed by atoms with Crippen LogP contribution in [0.3, 0.4) is 0 Å². The first-order chi connectivity index (χ1) is 13.6. The van der Waals surface area contributed by atoms with Gasteiger partial charge < -0.3 is 9.64 Å². The average Bonchev–Trinajstić information content (AvgIpc) is 3.32. The van der Waals surface area contributed by atoms with Gasteiger partial charge in [0.25, 0.3) is 0 Å². The molecule has 2 aromatic rings. The van der Waals surface area contributed by atoms with Crippen LogP contribution in [0.1, 0.15) is 49.1 Å². The Hall–Kier alpha value is -0.890. The van der Waals surface area contributed by atoms with E-state index in [1.54, 1.807) is 11.3 Å². The molecule has 5 rings (SSSR count). The van der Waals surface area contributed by atoms with Crippen LogP contribution >= 0.6 is 43.2 Å². The lowest BCUT2D eigenvalue weighted by molar-refractivity contribution is -0.149. The van der Waals surface area contributed by atoms with Crippen molar-refractivity contribution in [2.45, 2.75) is 44.4 Å². The largest absolute Gasteiger partial charge is 0.466 e. The number of nitrogens with zero attached hydrogens (tertiary/aromatic N) is 3. The van der Waals surface area contributed by atoms with Gasteiger partial charge in [-0.1, -0.05) is 22.9 Å². The minimum Gasteiger partial charge on any atom is -0.466 e. The Balaban J connectivity index is 1.53. The maximum absolute atomic E-state index is 6.71. The van der Waals surface area contributed by atoms with E-state index in [4.69, 9.17) is 9.84 Å². The third-order valence-electron chi connectivity index (χ3n) is 5.99. The molecule has 1 aromatic carbocycles. The van der Waals surface area contributed by atoms with E-state index in [2.05, 4.69) is 79.0 Å². The topological polar surface area (TPSA) is 28.1 Å². The highest BCUT2D eigenvalue weighted by atomic mass is 79.9. The third kappa shape index (κ3) is 3.24. The predicted octanol–water partition coefficient (Wildman–Crippen LogP) is 6.02. The minimum absolute atomic E-state index is 0.245. The molecule has 1 spiro atoms. The van der Waals surface area contributed by atoms with Gasteiger partial charge in [-0.15, -0.1) is 11.3 Å². The smallest absolute Gasteiger partial charge is 0.200 e. The summed E-state index contributed by atoms with van der Waals surface area (Å²) in [5.41, 5.74) is 2.09. The summed E-state index contributed by atoms with van der Waals surface area (Å²) in [5.74, 6) is 1.03. The number of thiophene rings is 1. The van der Waals surface area contributed by atoms with Crippen molar-refractivity contribution in [2.24, 2.45) is 5.10 Å². The molecule has 0 aliphatic carbocycles. The lowest BCUT2D eigenvalue weighted by Gasteiger charge is -2.51. The number of hydrazone groups is 1. The zero-order valence-electron chi connectivity index (χ0n) is 15.8. The summed E-state index contributed by atoms with van der Waals surface area (Å²) in [6.45, 7) is 5.55. The zero-order chi connectivity index (χ0) is 19.3. The fourth-order valence-corrected chi connectivity index (χ4v) is 6.40. The van der Waals surface area contributed by atoms with Crippen molar-refractivity contribution in [1.82, 2.24) is 9.91 Å². The van der Waals surface area contributed by atoms with Gasteiger partial charge in [0.15, 0.2) is 0 Å². The highest BCUT2D eigenvalue weighted by molar-refractivity contribution is 9.11. The summed E-state index contributed by atoms with van der Waals surface area (Å²) in [6, 6.07) is 10.9. The Bertz CT molecular complexity index is 920. The number of hydrogen-bond donors (Lipinski definition) is 0. The number of piperidine rings is 1. The fraction of sp³-hybridized carbons (Fsp3) is 0.476. The minimum atomic E-state index is -0.327. The van der Waals surface area contributed by atoms with Crippen molar-refractivity contribution in [3.05, 3.63) is 49.0 Å². The molecular formula is C21H23Br2N3OS. The molecule has 0 N–H and O–H groups in total. The van der Waals surface area contributed by atoms with E-state index >= 15 is 0 Å². The number of benzene rings is 1. The lowest BCUT2D eigenvalue weighted by atomic mass is 9.91. The van der Waals surface area contributed by atoms with Crippen LogP contribution in [-0.2, 0) is 0 Å². The van der Waals surface area contributed by atoms with Gasteiger partial charge in [0, 0.05) is 42.4 Å². The molecule has 0 amide bonds. The van der Waals surface area contributed by atoms with Crippen LogP contribution in [0.5, 0.6) is 5.75 Å². The van der Waals surface area contributed by atoms with E-state index in [0.717, 1.165) is 46.4 Å². The van der Waals surface area contributed by atoms with Crippen molar-refractivity contribution in [2.75, 3.05) is 19.6 Å². The number of halogens is 2. The normalized spacial score (nSPS) is 23.3. The maximum atomic E-state index is 6.71. The number of ether oxygens (including phenoxy) is 1. The fourth-order valence-electron chi connectivity index (χ4n) is 4.64. The predicted molar refractivity (Wildman–Crippen MR) is 121 cm³/mol. The van der Waals surface area contributed by atoms with Gasteiger partial charge in [-0.3, -0.25) is 0 Å². The summed E-state index contributed by atoms with van der Waals surface area (Å²) in [6.07, 6.45) is 4.11. The molecule has 0 bridgehead atoms. The Labute approximate surface area is 186 Å². The van der Waals surface area contributed by atoms with E-state index < -0.39 is 0 Å². The Morgan fingerprint density at radius 1 is 1.21 bits per heavy atom. The molecule has 4 nitrogen and oxygen atoms in total. The number of hydrogen-bond acceptors (Lipinski definition) is 5. The molecule has 1 saturated heterocycles. The van der Waals surface area contributed by atoms with Crippen molar-refractivity contribution in [3.63, 3.8) is 0 Å². The van der Waals surface area contributed by atoms with Crippen LogP contribution in [0, 0.1) is 0 Å². The molecular weight excluding hydrogens is 502 g/mol. The van der Waals surface area contributed by atoms with Gasteiger partial charge in [-0.25, -0.2) is 5.01 Å². The van der Waals surface area contributed by atoms with Gasteiger partial charge in [-0.2, -0.15) is 5.10 Å². The molecule has 4 heterocycles. The van der Waals surface area contributed by atoms with E-state index in [1.807, 2.05) is 0 Å². The Morgan fingerprint density at radius 3 is 2.75 bits per heavy atom. The van der Waals surface area contributed by atoms with Gasteiger partial charge in [-0.05, 0) is 59.2 Å². The second-order valence-electron chi connectivity index (χ2n) is 7.79. The third-order valence-corrected chi connectivity index (χ3v) is 8.16. The number of likely N-dealkylation sites (tertiary alicyclic amines) is 1. The molecule has 0 radical (unpaired) electrons. The average molecular weight is 525 g/mol. The van der Waals surface area contributed by atoms with Crippen molar-refractivity contribution >= 4 is 48.9 Å². The van der Waals surface area contributed by atoms with Crippen LogP contribution in [0.4, 0.5) is 0 Å². The van der Waals surface area contributed by atoms with Crippen LogP contribution in [-0.4, -0.2) is 41.0 Å². The zero-order valence-corrected chi connectivity index (χ0v) is 19.8. The summed E-state index contributed by atoms with van der Waals surface area (Å²) in [4.78, 5) is 3.80. The van der Waals surface area contributed by atoms with Crippen LogP contribution in [0.25, 0.3) is 0 Å². The maximum Gasteiger partial charge on any atom is 0.200 e. The molecule has 148 valence electrons. The molecule has 0 saturated carbocycles. The summed E-state index contributed by atoms with van der Waals surface area (Å²) >= 11 is 9.00. The highest BCUT2D eigenvalue weighted by Gasteiger charge is 2.51. The van der Waals surface area contributed by atoms with Crippen molar-refractivity contribution < 1.29 is 4.74 Å². The van der Waals surface area contributed by atoms with Crippen molar-refractivity contribution in [3.8, 4) is 5.75 Å². The standard InChI is InChI=1S/C21H23Br2N3OS/c1-2-9-25-10-7-21(8-11-25)26-17(15-12-14(22)3-4-18(15)27-21)13-16(24-26)19-5-6-20(23)28-19/h3-6,12,17H,2,7-11,13H2,1H3/t17-/m0/s1. The van der Waals surface area contributed by atoms with Crippen LogP contribution in [0.2, 0.25) is 0 Å². The molecule has 28 heavy (non-hydrogen) atoms. The van der Waals surface area contributed by atoms with Gasteiger partial charge in [0.1, 0.15) is 5.75 Å². The second kappa shape index (κ2) is 7.42. The van der Waals surface area contributed by atoms with Gasteiger partial charge in [0.2, 0.25) is 5.72 Å². The molecule has 1 atom stereocenters. The monoisotopic (exact) mass is 523 g/mol. The molecule has 3 aliphatic rings. The first-order valence-corrected chi connectivity index (χ1v) is 12.3. The molecule has 0 unspecified atom stereocenters. The molecule has 1 aromatic heterocycles.